The van der Waals surface area contributed by atoms with Crippen molar-refractivity contribution >= 4 is 23.3 Å². The maximum atomic E-state index is 12.1. The van der Waals surface area contributed by atoms with Gasteiger partial charge in [-0.05, 0) is 31.7 Å². The van der Waals surface area contributed by atoms with Gasteiger partial charge in [-0.3, -0.25) is 4.79 Å². The van der Waals surface area contributed by atoms with Crippen molar-refractivity contribution in [3.05, 3.63) is 22.8 Å². The zero-order valence-electron chi connectivity index (χ0n) is 10.9. The molecule has 1 aromatic rings. The van der Waals surface area contributed by atoms with E-state index in [0.29, 0.717) is 16.5 Å². The Labute approximate surface area is 117 Å². The van der Waals surface area contributed by atoms with E-state index in [4.69, 9.17) is 22.1 Å². The molecule has 0 bridgehead atoms. The van der Waals surface area contributed by atoms with Crippen LogP contribution in [0.4, 0.5) is 5.82 Å². The topological polar surface area (TPSA) is 77.2 Å². The number of carbonyl (C=O) groups is 1. The van der Waals surface area contributed by atoms with E-state index in [9.17, 15) is 4.79 Å². The SMILES string of the molecule is CC(NC(=O)c1cnc(N)c(Cl)c1)C1CCOCC1. The second kappa shape index (κ2) is 6.21. The Morgan fingerprint density at radius 2 is 2.26 bits per heavy atom. The third kappa shape index (κ3) is 3.58. The average molecular weight is 284 g/mol. The molecule has 19 heavy (non-hydrogen) atoms. The largest absolute Gasteiger partial charge is 0.382 e. The molecule has 3 N–H and O–H groups in total. The number of aromatic nitrogens is 1. The average Bonchev–Trinajstić information content (AvgIpc) is 2.42. The number of pyridine rings is 1. The third-order valence-corrected chi connectivity index (χ3v) is 3.77. The number of amides is 1. The monoisotopic (exact) mass is 283 g/mol. The summed E-state index contributed by atoms with van der Waals surface area (Å²) in [6.45, 7) is 3.54. The van der Waals surface area contributed by atoms with Gasteiger partial charge in [-0.25, -0.2) is 4.98 Å². The maximum absolute atomic E-state index is 12.1. The van der Waals surface area contributed by atoms with Gasteiger partial charge in [0.25, 0.3) is 5.91 Å². The molecular weight excluding hydrogens is 266 g/mol. The summed E-state index contributed by atoms with van der Waals surface area (Å²) in [6, 6.07) is 1.64. The molecule has 1 aromatic heterocycles. The van der Waals surface area contributed by atoms with E-state index in [1.807, 2.05) is 6.92 Å². The third-order valence-electron chi connectivity index (χ3n) is 3.46. The molecule has 1 fully saturated rings. The quantitative estimate of drug-likeness (QED) is 0.888. The molecule has 1 saturated heterocycles. The number of carbonyl (C=O) groups excluding carboxylic acids is 1. The summed E-state index contributed by atoms with van der Waals surface area (Å²) in [5.74, 6) is 0.513. The number of anilines is 1. The van der Waals surface area contributed by atoms with Crippen LogP contribution in [0.15, 0.2) is 12.3 Å². The van der Waals surface area contributed by atoms with Gasteiger partial charge < -0.3 is 15.8 Å². The van der Waals surface area contributed by atoms with Gasteiger partial charge in [0.2, 0.25) is 0 Å². The minimum Gasteiger partial charge on any atom is -0.382 e. The van der Waals surface area contributed by atoms with E-state index in [2.05, 4.69) is 10.3 Å². The normalized spacial score (nSPS) is 18.0. The minimum absolute atomic E-state index is 0.104. The van der Waals surface area contributed by atoms with Gasteiger partial charge >= 0.3 is 0 Å². The standard InChI is InChI=1S/C13H18ClN3O2/c1-8(9-2-4-19-5-3-9)17-13(18)10-6-11(14)12(15)16-7-10/h6-9H,2-5H2,1H3,(H2,15,16)(H,17,18). The Morgan fingerprint density at radius 3 is 2.89 bits per heavy atom. The van der Waals surface area contributed by atoms with E-state index < -0.39 is 0 Å². The van der Waals surface area contributed by atoms with Gasteiger partial charge in [0.1, 0.15) is 5.82 Å². The van der Waals surface area contributed by atoms with Crippen LogP contribution in [0.1, 0.15) is 30.1 Å². The number of hydrogen-bond donors (Lipinski definition) is 2. The highest BCUT2D eigenvalue weighted by molar-refractivity contribution is 6.33. The highest BCUT2D eigenvalue weighted by atomic mass is 35.5. The first-order valence-electron chi connectivity index (χ1n) is 6.37. The number of nitrogen functional groups attached to an aromatic ring is 1. The summed E-state index contributed by atoms with van der Waals surface area (Å²) < 4.78 is 5.31. The van der Waals surface area contributed by atoms with Crippen molar-refractivity contribution in [2.45, 2.75) is 25.8 Å². The molecular formula is C13H18ClN3O2. The van der Waals surface area contributed by atoms with Crippen molar-refractivity contribution in [1.82, 2.24) is 10.3 Å². The Bertz CT molecular complexity index is 461. The number of nitrogens with two attached hydrogens (primary N) is 1. The Kier molecular flexibility index (Phi) is 4.61. The van der Waals surface area contributed by atoms with Crippen molar-refractivity contribution < 1.29 is 9.53 Å². The Balaban J connectivity index is 1.97. The van der Waals surface area contributed by atoms with E-state index in [-0.39, 0.29) is 17.8 Å². The van der Waals surface area contributed by atoms with Crippen molar-refractivity contribution in [3.63, 3.8) is 0 Å². The van der Waals surface area contributed by atoms with Gasteiger partial charge in [0.05, 0.1) is 10.6 Å². The first kappa shape index (κ1) is 14.1. The minimum atomic E-state index is -0.173. The number of nitrogens with one attached hydrogen (secondary N) is 1. The summed E-state index contributed by atoms with van der Waals surface area (Å²) >= 11 is 5.86. The van der Waals surface area contributed by atoms with Crippen LogP contribution in [-0.4, -0.2) is 30.1 Å². The molecule has 0 saturated carbocycles. The van der Waals surface area contributed by atoms with Crippen LogP contribution >= 0.6 is 11.6 Å². The van der Waals surface area contributed by atoms with Crippen molar-refractivity contribution in [2.24, 2.45) is 5.92 Å². The fourth-order valence-electron chi connectivity index (χ4n) is 2.20. The molecule has 0 aliphatic carbocycles. The van der Waals surface area contributed by atoms with E-state index >= 15 is 0 Å². The number of rotatable bonds is 3. The highest BCUT2D eigenvalue weighted by Gasteiger charge is 2.22. The molecule has 0 aromatic carbocycles. The number of halogens is 1. The lowest BCUT2D eigenvalue weighted by atomic mass is 9.93. The molecule has 6 heteroatoms. The van der Waals surface area contributed by atoms with Crippen molar-refractivity contribution in [3.8, 4) is 0 Å². The molecule has 2 rings (SSSR count). The van der Waals surface area contributed by atoms with Crippen LogP contribution in [0.3, 0.4) is 0 Å². The van der Waals surface area contributed by atoms with Crippen LogP contribution in [0, 0.1) is 5.92 Å². The lowest BCUT2D eigenvalue weighted by molar-refractivity contribution is 0.0538. The fraction of sp³-hybridized carbons (Fsp3) is 0.538. The molecule has 0 radical (unpaired) electrons. The summed E-state index contributed by atoms with van der Waals surface area (Å²) in [4.78, 5) is 16.0. The molecule has 2 heterocycles. The number of hydrogen-bond acceptors (Lipinski definition) is 4. The first-order valence-corrected chi connectivity index (χ1v) is 6.75. The maximum Gasteiger partial charge on any atom is 0.253 e. The first-order chi connectivity index (χ1) is 9.08. The molecule has 104 valence electrons. The summed E-state index contributed by atoms with van der Waals surface area (Å²) in [5, 5.41) is 3.28. The summed E-state index contributed by atoms with van der Waals surface area (Å²) in [7, 11) is 0. The summed E-state index contributed by atoms with van der Waals surface area (Å²) in [5.41, 5.74) is 5.95. The molecule has 5 nitrogen and oxygen atoms in total. The second-order valence-corrected chi connectivity index (χ2v) is 5.21. The molecule has 1 atom stereocenters. The van der Waals surface area contributed by atoms with Crippen LogP contribution in [0.2, 0.25) is 5.02 Å². The van der Waals surface area contributed by atoms with Crippen LogP contribution < -0.4 is 11.1 Å². The number of nitrogens with zero attached hydrogens (tertiary/aromatic N) is 1. The highest BCUT2D eigenvalue weighted by Crippen LogP contribution is 2.20. The Hall–Kier alpha value is -1.33. The van der Waals surface area contributed by atoms with Gasteiger partial charge in [-0.1, -0.05) is 11.6 Å². The van der Waals surface area contributed by atoms with Gasteiger partial charge in [-0.2, -0.15) is 0 Å². The van der Waals surface area contributed by atoms with E-state index in [0.717, 1.165) is 26.1 Å². The van der Waals surface area contributed by atoms with Crippen LogP contribution in [0.25, 0.3) is 0 Å². The molecule has 1 unspecified atom stereocenters. The predicted molar refractivity (Wildman–Crippen MR) is 74.1 cm³/mol. The van der Waals surface area contributed by atoms with E-state index in [1.54, 1.807) is 0 Å². The zero-order chi connectivity index (χ0) is 13.8. The van der Waals surface area contributed by atoms with E-state index in [1.165, 1.54) is 12.3 Å². The van der Waals surface area contributed by atoms with Crippen molar-refractivity contribution in [1.29, 1.82) is 0 Å². The molecule has 1 amide bonds. The summed E-state index contributed by atoms with van der Waals surface area (Å²) in [6.07, 6.45) is 3.39. The van der Waals surface area contributed by atoms with Crippen LogP contribution in [-0.2, 0) is 4.74 Å². The predicted octanol–water partition coefficient (Wildman–Crippen LogP) is 1.86. The molecule has 1 aliphatic rings. The van der Waals surface area contributed by atoms with Gasteiger partial charge in [0, 0.05) is 25.5 Å². The lowest BCUT2D eigenvalue weighted by Crippen LogP contribution is -2.40. The second-order valence-electron chi connectivity index (χ2n) is 4.80. The molecule has 0 spiro atoms. The van der Waals surface area contributed by atoms with Crippen molar-refractivity contribution in [2.75, 3.05) is 18.9 Å². The zero-order valence-corrected chi connectivity index (χ0v) is 11.6. The smallest absolute Gasteiger partial charge is 0.253 e. The lowest BCUT2D eigenvalue weighted by Gasteiger charge is -2.28. The Morgan fingerprint density at radius 1 is 1.58 bits per heavy atom. The van der Waals surface area contributed by atoms with Gasteiger partial charge in [0.15, 0.2) is 0 Å². The van der Waals surface area contributed by atoms with Crippen LogP contribution in [0.5, 0.6) is 0 Å². The molecule has 1 aliphatic heterocycles. The fourth-order valence-corrected chi connectivity index (χ4v) is 2.36. The number of ether oxygens (including phenoxy) is 1. The van der Waals surface area contributed by atoms with Gasteiger partial charge in [-0.15, -0.1) is 0 Å².